The molecule has 0 bridgehead atoms. The van der Waals surface area contributed by atoms with Crippen molar-refractivity contribution in [1.82, 2.24) is 4.98 Å². The SMILES string of the molecule is Cc1csc([C@H](C#N)C(=O)CSC2=N/C(=C/c3ccccc3)C(=O)N2c2ccc(F)cc2)n1. The molecule has 0 fully saturated rings. The first kappa shape index (κ1) is 22.6. The molecule has 0 N–H and O–H groups in total. The second-order valence-corrected chi connectivity index (χ2v) is 8.93. The zero-order chi connectivity index (χ0) is 23.4. The van der Waals surface area contributed by atoms with Gasteiger partial charge in [-0.05, 0) is 42.8 Å². The number of carbonyl (C=O) groups is 2. The molecule has 1 aliphatic heterocycles. The molecule has 9 heteroatoms. The molecule has 6 nitrogen and oxygen atoms in total. The van der Waals surface area contributed by atoms with Crippen molar-refractivity contribution < 1.29 is 14.0 Å². The highest BCUT2D eigenvalue weighted by Gasteiger charge is 2.33. The Labute approximate surface area is 198 Å². The quantitative estimate of drug-likeness (QED) is 0.470. The fourth-order valence-electron chi connectivity index (χ4n) is 3.11. The average molecular weight is 477 g/mol. The lowest BCUT2D eigenvalue weighted by Gasteiger charge is -2.17. The second kappa shape index (κ2) is 9.90. The summed E-state index contributed by atoms with van der Waals surface area (Å²) in [6.07, 6.45) is 1.66. The lowest BCUT2D eigenvalue weighted by atomic mass is 10.1. The molecule has 2 heterocycles. The van der Waals surface area contributed by atoms with Gasteiger partial charge in [-0.2, -0.15) is 5.26 Å². The number of halogens is 1. The molecule has 0 saturated heterocycles. The number of carbonyl (C=O) groups excluding carboxylic acids is 2. The number of aromatic nitrogens is 1. The fraction of sp³-hybridized carbons (Fsp3) is 0.125. The molecule has 2 aromatic carbocycles. The summed E-state index contributed by atoms with van der Waals surface area (Å²) in [5.41, 5.74) is 2.19. The molecule has 0 unspecified atom stereocenters. The molecule has 0 saturated carbocycles. The monoisotopic (exact) mass is 476 g/mol. The van der Waals surface area contributed by atoms with E-state index in [9.17, 15) is 19.2 Å². The number of hydrogen-bond donors (Lipinski definition) is 0. The van der Waals surface area contributed by atoms with Crippen molar-refractivity contribution in [2.45, 2.75) is 12.8 Å². The van der Waals surface area contributed by atoms with Crippen LogP contribution in [0.1, 0.15) is 22.2 Å². The molecule has 1 amide bonds. The summed E-state index contributed by atoms with van der Waals surface area (Å²) in [5.74, 6) is -2.19. The van der Waals surface area contributed by atoms with Gasteiger partial charge in [0, 0.05) is 11.1 Å². The molecule has 0 aliphatic carbocycles. The lowest BCUT2D eigenvalue weighted by Crippen LogP contribution is -2.31. The Kier molecular flexibility index (Phi) is 6.77. The van der Waals surface area contributed by atoms with Crippen molar-refractivity contribution in [2.24, 2.45) is 4.99 Å². The van der Waals surface area contributed by atoms with Crippen molar-refractivity contribution in [3.8, 4) is 6.07 Å². The van der Waals surface area contributed by atoms with E-state index >= 15 is 0 Å². The third-order valence-electron chi connectivity index (χ3n) is 4.70. The Morgan fingerprint density at radius 2 is 1.97 bits per heavy atom. The lowest BCUT2D eigenvalue weighted by molar-refractivity contribution is -0.117. The van der Waals surface area contributed by atoms with E-state index in [1.54, 1.807) is 18.4 Å². The minimum Gasteiger partial charge on any atom is -0.297 e. The number of thioether (sulfide) groups is 1. The van der Waals surface area contributed by atoms with Crippen LogP contribution < -0.4 is 4.90 Å². The van der Waals surface area contributed by atoms with Crippen molar-refractivity contribution >= 4 is 51.7 Å². The van der Waals surface area contributed by atoms with E-state index < -0.39 is 11.7 Å². The van der Waals surface area contributed by atoms with E-state index in [4.69, 9.17) is 0 Å². The average Bonchev–Trinajstić information content (AvgIpc) is 3.37. The van der Waals surface area contributed by atoms with E-state index in [1.807, 2.05) is 36.4 Å². The van der Waals surface area contributed by atoms with Gasteiger partial charge >= 0.3 is 0 Å². The van der Waals surface area contributed by atoms with Crippen LogP contribution in [0.5, 0.6) is 0 Å². The number of ketones is 1. The Hall–Kier alpha value is -3.61. The number of aliphatic imine (C=N–C) groups is 1. The summed E-state index contributed by atoms with van der Waals surface area (Å²) in [6.45, 7) is 1.80. The zero-order valence-corrected chi connectivity index (χ0v) is 19.1. The summed E-state index contributed by atoms with van der Waals surface area (Å²) in [7, 11) is 0. The van der Waals surface area contributed by atoms with Gasteiger partial charge < -0.3 is 0 Å². The van der Waals surface area contributed by atoms with Crippen LogP contribution in [0, 0.1) is 24.1 Å². The maximum absolute atomic E-state index is 13.4. The number of thiazole rings is 1. The Morgan fingerprint density at radius 3 is 2.61 bits per heavy atom. The van der Waals surface area contributed by atoms with E-state index in [-0.39, 0.29) is 28.3 Å². The zero-order valence-electron chi connectivity index (χ0n) is 17.4. The van der Waals surface area contributed by atoms with Gasteiger partial charge in [0.05, 0.1) is 17.5 Å². The number of amidine groups is 1. The van der Waals surface area contributed by atoms with E-state index in [0.717, 1.165) is 23.0 Å². The highest BCUT2D eigenvalue weighted by Crippen LogP contribution is 2.31. The third-order valence-corrected chi connectivity index (χ3v) is 6.68. The van der Waals surface area contributed by atoms with Gasteiger partial charge in [0.1, 0.15) is 16.5 Å². The molecule has 4 rings (SSSR count). The molecule has 33 heavy (non-hydrogen) atoms. The van der Waals surface area contributed by atoms with Crippen LogP contribution in [0.2, 0.25) is 0 Å². The van der Waals surface area contributed by atoms with Crippen molar-refractivity contribution in [1.29, 1.82) is 5.26 Å². The van der Waals surface area contributed by atoms with Gasteiger partial charge in [0.25, 0.3) is 5.91 Å². The first-order chi connectivity index (χ1) is 16.0. The molecular formula is C24H17FN4O2S2. The largest absolute Gasteiger partial charge is 0.297 e. The van der Waals surface area contributed by atoms with Crippen LogP contribution in [0.25, 0.3) is 6.08 Å². The topological polar surface area (TPSA) is 86.4 Å². The van der Waals surface area contributed by atoms with Crippen LogP contribution >= 0.6 is 23.1 Å². The van der Waals surface area contributed by atoms with Crippen LogP contribution in [0.3, 0.4) is 0 Å². The second-order valence-electron chi connectivity index (χ2n) is 7.10. The summed E-state index contributed by atoms with van der Waals surface area (Å²) in [6, 6.07) is 16.8. The maximum Gasteiger partial charge on any atom is 0.283 e. The Morgan fingerprint density at radius 1 is 1.24 bits per heavy atom. The predicted octanol–water partition coefficient (Wildman–Crippen LogP) is 4.94. The number of amides is 1. The van der Waals surface area contributed by atoms with Crippen LogP contribution in [0.4, 0.5) is 10.1 Å². The number of anilines is 1. The molecule has 0 spiro atoms. The van der Waals surface area contributed by atoms with Crippen molar-refractivity contribution in [3.05, 3.63) is 87.8 Å². The maximum atomic E-state index is 13.4. The highest BCUT2D eigenvalue weighted by atomic mass is 32.2. The third kappa shape index (κ3) is 5.08. The first-order valence-corrected chi connectivity index (χ1v) is 11.8. The number of benzene rings is 2. The van der Waals surface area contributed by atoms with Gasteiger partial charge in [-0.15, -0.1) is 11.3 Å². The molecule has 164 valence electrons. The summed E-state index contributed by atoms with van der Waals surface area (Å²) >= 11 is 2.33. The van der Waals surface area contributed by atoms with E-state index in [1.165, 1.54) is 40.5 Å². The molecule has 1 aliphatic rings. The van der Waals surface area contributed by atoms with Gasteiger partial charge in [-0.25, -0.2) is 14.4 Å². The first-order valence-electron chi connectivity index (χ1n) is 9.89. The van der Waals surface area contributed by atoms with Crippen molar-refractivity contribution in [3.63, 3.8) is 0 Å². The van der Waals surface area contributed by atoms with Crippen molar-refractivity contribution in [2.75, 3.05) is 10.7 Å². The molecule has 1 atom stereocenters. The van der Waals surface area contributed by atoms with E-state index in [0.29, 0.717) is 10.7 Å². The summed E-state index contributed by atoms with van der Waals surface area (Å²) < 4.78 is 13.4. The normalized spacial score (nSPS) is 15.4. The number of nitrogens with zero attached hydrogens (tertiary/aromatic N) is 4. The Bertz CT molecular complexity index is 1290. The highest BCUT2D eigenvalue weighted by molar-refractivity contribution is 8.14. The Balaban J connectivity index is 1.60. The molecule has 0 radical (unpaired) electrons. The van der Waals surface area contributed by atoms with Gasteiger partial charge in [-0.3, -0.25) is 14.5 Å². The standard InChI is InChI=1S/C24H17FN4O2S2/c1-15-13-32-22(27-15)19(12-26)21(30)14-33-24-28-20(11-16-5-3-2-4-6-16)23(31)29(24)18-9-7-17(25)8-10-18/h2-11,13,19H,14H2,1H3/b20-11+/t19-/m1/s1. The van der Waals surface area contributed by atoms with Gasteiger partial charge in [0.15, 0.2) is 16.9 Å². The fourth-order valence-corrected chi connectivity index (χ4v) is 4.89. The number of hydrogen-bond acceptors (Lipinski definition) is 7. The molecule has 3 aromatic rings. The number of aryl methyl sites for hydroxylation is 1. The number of Topliss-reactive ketones (excluding diaryl/α,β-unsaturated/α-hetero) is 1. The molecular weight excluding hydrogens is 459 g/mol. The van der Waals surface area contributed by atoms with Gasteiger partial charge in [0.2, 0.25) is 0 Å². The van der Waals surface area contributed by atoms with Crippen LogP contribution in [-0.4, -0.2) is 27.6 Å². The van der Waals surface area contributed by atoms with Crippen LogP contribution in [0.15, 0.2) is 70.7 Å². The minimum atomic E-state index is -0.979. The van der Waals surface area contributed by atoms with Crippen LogP contribution in [-0.2, 0) is 9.59 Å². The minimum absolute atomic E-state index is 0.0702. The smallest absolute Gasteiger partial charge is 0.283 e. The predicted molar refractivity (Wildman–Crippen MR) is 128 cm³/mol. The summed E-state index contributed by atoms with van der Waals surface area (Å²) in [5, 5.41) is 12.0. The number of nitriles is 1. The van der Waals surface area contributed by atoms with Gasteiger partial charge in [-0.1, -0.05) is 42.1 Å². The number of rotatable bonds is 6. The summed E-state index contributed by atoms with van der Waals surface area (Å²) in [4.78, 5) is 36.0. The van der Waals surface area contributed by atoms with E-state index in [2.05, 4.69) is 9.98 Å². The molecule has 1 aromatic heterocycles.